The molecule has 2 aromatic rings. The molecule has 2 rings (SSSR count). The highest BCUT2D eigenvalue weighted by Gasteiger charge is 2.21. The predicted molar refractivity (Wildman–Crippen MR) is 96.4 cm³/mol. The fraction of sp³-hybridized carbons (Fsp3) is 0.263. The van der Waals surface area contributed by atoms with E-state index >= 15 is 0 Å². The van der Waals surface area contributed by atoms with Crippen LogP contribution in [0.1, 0.15) is 29.3 Å². The molecule has 0 bridgehead atoms. The van der Waals surface area contributed by atoms with Crippen molar-refractivity contribution in [3.8, 4) is 5.75 Å². The zero-order valence-electron chi connectivity index (χ0n) is 14.0. The maximum absolute atomic E-state index is 12.2. The van der Waals surface area contributed by atoms with Crippen molar-refractivity contribution in [3.63, 3.8) is 0 Å². The highest BCUT2D eigenvalue weighted by atomic mass is 79.9. The van der Waals surface area contributed by atoms with Crippen molar-refractivity contribution in [2.75, 3.05) is 7.11 Å². The number of carbonyl (C=O) groups is 2. The summed E-state index contributed by atoms with van der Waals surface area (Å²) < 4.78 is 16.3. The zero-order chi connectivity index (χ0) is 18.2. The first-order valence-corrected chi connectivity index (χ1v) is 8.59. The van der Waals surface area contributed by atoms with Gasteiger partial charge in [-0.25, -0.2) is 9.59 Å². The van der Waals surface area contributed by atoms with Gasteiger partial charge in [0.15, 0.2) is 6.10 Å². The van der Waals surface area contributed by atoms with Gasteiger partial charge in [0, 0.05) is 0 Å². The van der Waals surface area contributed by atoms with Gasteiger partial charge in [0.05, 0.1) is 17.1 Å². The number of methoxy groups -OCH3 is 1. The lowest BCUT2D eigenvalue weighted by Crippen LogP contribution is -2.27. The molecular weight excluding hydrogens is 388 g/mol. The second kappa shape index (κ2) is 9.22. The number of benzene rings is 2. The Labute approximate surface area is 155 Å². The lowest BCUT2D eigenvalue weighted by atomic mass is 10.2. The summed E-state index contributed by atoms with van der Waals surface area (Å²) in [4.78, 5) is 23.9. The molecule has 0 amide bonds. The molecule has 132 valence electrons. The van der Waals surface area contributed by atoms with Crippen LogP contribution in [0.4, 0.5) is 0 Å². The molecule has 2 aromatic carbocycles. The van der Waals surface area contributed by atoms with Crippen LogP contribution < -0.4 is 4.74 Å². The van der Waals surface area contributed by atoms with E-state index in [-0.39, 0.29) is 6.61 Å². The lowest BCUT2D eigenvalue weighted by Gasteiger charge is -2.16. The van der Waals surface area contributed by atoms with Crippen LogP contribution in [-0.2, 0) is 20.9 Å². The number of halogens is 1. The van der Waals surface area contributed by atoms with Gasteiger partial charge in [0.1, 0.15) is 12.4 Å². The topological polar surface area (TPSA) is 61.8 Å². The molecule has 0 spiro atoms. The maximum atomic E-state index is 12.2. The van der Waals surface area contributed by atoms with Crippen molar-refractivity contribution in [2.45, 2.75) is 26.1 Å². The van der Waals surface area contributed by atoms with Crippen LogP contribution >= 0.6 is 15.9 Å². The van der Waals surface area contributed by atoms with Crippen LogP contribution in [0.15, 0.2) is 53.0 Å². The summed E-state index contributed by atoms with van der Waals surface area (Å²) in [6, 6.07) is 14.3. The highest BCUT2D eigenvalue weighted by molar-refractivity contribution is 9.10. The van der Waals surface area contributed by atoms with Crippen LogP contribution in [0, 0.1) is 0 Å². The van der Waals surface area contributed by atoms with Gasteiger partial charge in [-0.05, 0) is 46.1 Å². The van der Waals surface area contributed by atoms with Crippen LogP contribution in [-0.4, -0.2) is 25.2 Å². The third kappa shape index (κ3) is 5.32. The van der Waals surface area contributed by atoms with Crippen molar-refractivity contribution in [2.24, 2.45) is 0 Å². The van der Waals surface area contributed by atoms with Crippen molar-refractivity contribution in [1.29, 1.82) is 0 Å². The number of rotatable bonds is 7. The van der Waals surface area contributed by atoms with E-state index in [9.17, 15) is 9.59 Å². The average molecular weight is 407 g/mol. The van der Waals surface area contributed by atoms with Crippen LogP contribution in [0.25, 0.3) is 0 Å². The molecule has 6 heteroatoms. The van der Waals surface area contributed by atoms with Gasteiger partial charge in [-0.15, -0.1) is 0 Å². The molecule has 0 radical (unpaired) electrons. The largest absolute Gasteiger partial charge is 0.478 e. The summed E-state index contributed by atoms with van der Waals surface area (Å²) in [7, 11) is 1.31. The average Bonchev–Trinajstić information content (AvgIpc) is 2.65. The molecule has 0 aliphatic carbocycles. The molecule has 1 atom stereocenters. The zero-order valence-corrected chi connectivity index (χ0v) is 15.6. The summed E-state index contributed by atoms with van der Waals surface area (Å²) in [6.45, 7) is 2.00. The summed E-state index contributed by atoms with van der Waals surface area (Å²) in [6.07, 6.45) is -0.293. The fourth-order valence-corrected chi connectivity index (χ4v) is 2.45. The molecule has 25 heavy (non-hydrogen) atoms. The smallest absolute Gasteiger partial charge is 0.347 e. The van der Waals surface area contributed by atoms with E-state index in [2.05, 4.69) is 15.9 Å². The fourth-order valence-electron chi connectivity index (χ4n) is 2.11. The van der Waals surface area contributed by atoms with E-state index in [0.717, 1.165) is 5.56 Å². The van der Waals surface area contributed by atoms with Crippen molar-refractivity contribution >= 4 is 27.9 Å². The van der Waals surface area contributed by atoms with Gasteiger partial charge < -0.3 is 14.2 Å². The molecule has 0 heterocycles. The van der Waals surface area contributed by atoms with Crippen LogP contribution in [0.2, 0.25) is 0 Å². The van der Waals surface area contributed by atoms with Crippen LogP contribution in [0.3, 0.4) is 0 Å². The summed E-state index contributed by atoms with van der Waals surface area (Å²) >= 11 is 3.35. The number of hydrogen-bond donors (Lipinski definition) is 0. The molecule has 0 saturated heterocycles. The van der Waals surface area contributed by atoms with E-state index in [1.165, 1.54) is 7.11 Å². The molecule has 0 aliphatic heterocycles. The first-order valence-electron chi connectivity index (χ1n) is 7.80. The van der Waals surface area contributed by atoms with E-state index in [0.29, 0.717) is 22.2 Å². The predicted octanol–water partition coefficient (Wildman–Crippen LogP) is 4.14. The Kier molecular flexibility index (Phi) is 7.01. The first kappa shape index (κ1) is 19.0. The molecule has 0 aliphatic rings. The maximum Gasteiger partial charge on any atom is 0.347 e. The number of ether oxygens (including phenoxy) is 3. The Morgan fingerprint density at radius 3 is 2.48 bits per heavy atom. The minimum absolute atomic E-state index is 0.186. The van der Waals surface area contributed by atoms with E-state index in [1.54, 1.807) is 18.2 Å². The third-order valence-corrected chi connectivity index (χ3v) is 4.14. The second-order valence-corrected chi connectivity index (χ2v) is 6.10. The molecule has 0 aromatic heterocycles. The normalized spacial score (nSPS) is 11.5. The van der Waals surface area contributed by atoms with Crippen molar-refractivity contribution in [3.05, 3.63) is 64.1 Å². The Bertz CT molecular complexity index is 730. The van der Waals surface area contributed by atoms with Gasteiger partial charge >= 0.3 is 11.9 Å². The second-order valence-electron chi connectivity index (χ2n) is 5.24. The number of esters is 2. The first-order chi connectivity index (χ1) is 12.0. The third-order valence-electron chi connectivity index (χ3n) is 3.48. The van der Waals surface area contributed by atoms with Crippen molar-refractivity contribution in [1.82, 2.24) is 0 Å². The number of carbonyl (C=O) groups excluding carboxylic acids is 2. The standard InChI is InChI=1S/C19H19BrO5/c1-3-16(19(22)23-2)25-17-11-14(9-10-15(17)20)18(21)24-12-13-7-5-4-6-8-13/h4-11,16H,3,12H2,1-2H3. The highest BCUT2D eigenvalue weighted by Crippen LogP contribution is 2.28. The quantitative estimate of drug-likeness (QED) is 0.646. The van der Waals surface area contributed by atoms with Gasteiger partial charge in [-0.1, -0.05) is 37.3 Å². The molecule has 0 N–H and O–H groups in total. The van der Waals surface area contributed by atoms with Crippen LogP contribution in [0.5, 0.6) is 5.75 Å². The Hall–Kier alpha value is -2.34. The van der Waals surface area contributed by atoms with Gasteiger partial charge in [-0.2, -0.15) is 0 Å². The van der Waals surface area contributed by atoms with E-state index in [1.807, 2.05) is 37.3 Å². The Morgan fingerprint density at radius 2 is 1.84 bits per heavy atom. The number of hydrogen-bond acceptors (Lipinski definition) is 5. The Morgan fingerprint density at radius 1 is 1.12 bits per heavy atom. The summed E-state index contributed by atoms with van der Waals surface area (Å²) in [5, 5.41) is 0. The molecule has 1 unspecified atom stereocenters. The van der Waals surface area contributed by atoms with Gasteiger partial charge in [0.2, 0.25) is 0 Å². The lowest BCUT2D eigenvalue weighted by molar-refractivity contribution is -0.148. The molecule has 5 nitrogen and oxygen atoms in total. The molecule has 0 fully saturated rings. The van der Waals surface area contributed by atoms with E-state index < -0.39 is 18.0 Å². The van der Waals surface area contributed by atoms with E-state index in [4.69, 9.17) is 14.2 Å². The van der Waals surface area contributed by atoms with Crippen molar-refractivity contribution < 1.29 is 23.8 Å². The van der Waals surface area contributed by atoms with Gasteiger partial charge in [-0.3, -0.25) is 0 Å². The SMILES string of the molecule is CCC(Oc1cc(C(=O)OCc2ccccc2)ccc1Br)C(=O)OC. The minimum Gasteiger partial charge on any atom is -0.478 e. The summed E-state index contributed by atoms with van der Waals surface area (Å²) in [5.74, 6) is -0.551. The minimum atomic E-state index is -0.739. The summed E-state index contributed by atoms with van der Waals surface area (Å²) in [5.41, 5.74) is 1.25. The Balaban J connectivity index is 2.09. The monoisotopic (exact) mass is 406 g/mol. The molecular formula is C19H19BrO5. The van der Waals surface area contributed by atoms with Gasteiger partial charge in [0.25, 0.3) is 0 Å². The molecule has 0 saturated carbocycles.